The monoisotopic (exact) mass is 334 g/mol. The minimum Gasteiger partial charge on any atom is -0.325 e. The number of fused-ring (bicyclic) bond motifs is 1. The van der Waals surface area contributed by atoms with Crippen molar-refractivity contribution in [2.75, 3.05) is 10.0 Å². The Labute approximate surface area is 133 Å². The van der Waals surface area contributed by atoms with Gasteiger partial charge in [-0.2, -0.15) is 0 Å². The maximum atomic E-state index is 13.3. The second kappa shape index (κ2) is 5.34. The van der Waals surface area contributed by atoms with Crippen LogP contribution in [0, 0.1) is 12.7 Å². The highest BCUT2D eigenvalue weighted by Gasteiger charge is 2.27. The average Bonchev–Trinajstić information content (AvgIpc) is 2.77. The largest absolute Gasteiger partial charge is 0.325 e. The van der Waals surface area contributed by atoms with Crippen molar-refractivity contribution in [1.82, 2.24) is 0 Å². The molecule has 0 bridgehead atoms. The van der Waals surface area contributed by atoms with E-state index in [1.165, 1.54) is 19.1 Å². The predicted molar refractivity (Wildman–Crippen MR) is 85.4 cm³/mol. The summed E-state index contributed by atoms with van der Waals surface area (Å²) < 4.78 is 40.5. The number of hydrogen-bond donors (Lipinski definition) is 2. The molecular weight excluding hydrogens is 319 g/mol. The lowest BCUT2D eigenvalue weighted by molar-refractivity contribution is -0.116. The molecule has 5 nitrogen and oxygen atoms in total. The lowest BCUT2D eigenvalue weighted by Crippen LogP contribution is -2.13. The summed E-state index contributed by atoms with van der Waals surface area (Å²) in [5.74, 6) is -0.906. The van der Waals surface area contributed by atoms with E-state index in [9.17, 15) is 17.6 Å². The van der Waals surface area contributed by atoms with E-state index in [2.05, 4.69) is 10.0 Å². The van der Waals surface area contributed by atoms with Gasteiger partial charge in [-0.3, -0.25) is 9.52 Å². The van der Waals surface area contributed by atoms with Crippen LogP contribution in [0.4, 0.5) is 15.8 Å². The fourth-order valence-corrected chi connectivity index (χ4v) is 3.61. The Kier molecular flexibility index (Phi) is 3.60. The first-order valence-electron chi connectivity index (χ1n) is 7.02. The van der Waals surface area contributed by atoms with Crippen LogP contribution in [0.25, 0.3) is 0 Å². The zero-order chi connectivity index (χ0) is 16.8. The highest BCUT2D eigenvalue weighted by atomic mass is 32.2. The number of nitrogens with one attached hydrogen (secondary N) is 2. The van der Waals surface area contributed by atoms with Crippen molar-refractivity contribution in [3.05, 3.63) is 53.3 Å². The number of amides is 1. The lowest BCUT2D eigenvalue weighted by atomic mass is 10.0. The summed E-state index contributed by atoms with van der Waals surface area (Å²) in [7, 11) is -3.82. The quantitative estimate of drug-likeness (QED) is 0.906. The number of sulfonamides is 1. The third kappa shape index (κ3) is 2.79. The molecule has 1 aliphatic heterocycles. The van der Waals surface area contributed by atoms with Gasteiger partial charge in [0.2, 0.25) is 5.91 Å². The van der Waals surface area contributed by atoms with Crippen molar-refractivity contribution in [3.8, 4) is 0 Å². The van der Waals surface area contributed by atoms with Gasteiger partial charge in [-0.15, -0.1) is 0 Å². The second-order valence-electron chi connectivity index (χ2n) is 5.53. The van der Waals surface area contributed by atoms with E-state index in [0.717, 1.165) is 11.6 Å². The molecular formula is C16H15FN2O3S. The molecule has 1 heterocycles. The number of anilines is 2. The molecule has 1 aliphatic rings. The summed E-state index contributed by atoms with van der Waals surface area (Å²) in [6.07, 6.45) is 0. The zero-order valence-electron chi connectivity index (χ0n) is 12.6. The lowest BCUT2D eigenvalue weighted by Gasteiger charge is -2.11. The summed E-state index contributed by atoms with van der Waals surface area (Å²) in [5.41, 5.74) is 2.04. The first-order valence-corrected chi connectivity index (χ1v) is 8.50. The van der Waals surface area contributed by atoms with Crippen LogP contribution in [-0.4, -0.2) is 14.3 Å². The van der Waals surface area contributed by atoms with Crippen LogP contribution in [0.2, 0.25) is 0 Å². The fourth-order valence-electron chi connectivity index (χ4n) is 2.48. The third-order valence-corrected chi connectivity index (χ3v) is 5.24. The SMILES string of the molecule is Cc1cc(S(=O)(=O)Nc2ccc3c(c2)C(C)C(=O)N3)ccc1F. The molecule has 2 aromatic carbocycles. The van der Waals surface area contributed by atoms with Crippen molar-refractivity contribution in [3.63, 3.8) is 0 Å². The second-order valence-corrected chi connectivity index (χ2v) is 7.21. The number of rotatable bonds is 3. The number of aryl methyl sites for hydroxylation is 1. The highest BCUT2D eigenvalue weighted by Crippen LogP contribution is 2.34. The molecule has 2 aromatic rings. The molecule has 7 heteroatoms. The van der Waals surface area contributed by atoms with E-state index in [1.807, 2.05) is 0 Å². The van der Waals surface area contributed by atoms with Crippen LogP contribution in [0.15, 0.2) is 41.3 Å². The molecule has 0 aromatic heterocycles. The maximum absolute atomic E-state index is 13.3. The molecule has 120 valence electrons. The van der Waals surface area contributed by atoms with Gasteiger partial charge in [-0.25, -0.2) is 12.8 Å². The minimum absolute atomic E-state index is 0.0147. The van der Waals surface area contributed by atoms with Crippen LogP contribution in [0.1, 0.15) is 24.0 Å². The molecule has 0 saturated heterocycles. The summed E-state index contributed by atoms with van der Waals surface area (Å²) >= 11 is 0. The van der Waals surface area contributed by atoms with Gasteiger partial charge in [0, 0.05) is 11.4 Å². The summed E-state index contributed by atoms with van der Waals surface area (Å²) in [6.45, 7) is 3.26. The smallest absolute Gasteiger partial charge is 0.261 e. The molecule has 1 atom stereocenters. The molecule has 23 heavy (non-hydrogen) atoms. The zero-order valence-corrected chi connectivity index (χ0v) is 13.4. The number of carbonyl (C=O) groups excluding carboxylic acids is 1. The molecule has 0 aliphatic carbocycles. The Morgan fingerprint density at radius 1 is 1.17 bits per heavy atom. The average molecular weight is 334 g/mol. The third-order valence-electron chi connectivity index (χ3n) is 3.86. The van der Waals surface area contributed by atoms with E-state index >= 15 is 0 Å². The molecule has 1 amide bonds. The van der Waals surface area contributed by atoms with E-state index in [4.69, 9.17) is 0 Å². The topological polar surface area (TPSA) is 75.3 Å². The molecule has 1 unspecified atom stereocenters. The molecule has 3 rings (SSSR count). The van der Waals surface area contributed by atoms with Crippen molar-refractivity contribution < 1.29 is 17.6 Å². The fraction of sp³-hybridized carbons (Fsp3) is 0.188. The molecule has 0 radical (unpaired) electrons. The van der Waals surface area contributed by atoms with Crippen molar-refractivity contribution in [2.45, 2.75) is 24.7 Å². The van der Waals surface area contributed by atoms with Gasteiger partial charge in [-0.1, -0.05) is 0 Å². The Hall–Kier alpha value is -2.41. The van der Waals surface area contributed by atoms with Gasteiger partial charge < -0.3 is 5.32 Å². The molecule has 0 spiro atoms. The number of carbonyl (C=O) groups is 1. The first kappa shape index (κ1) is 15.5. The summed E-state index contributed by atoms with van der Waals surface area (Å²) in [4.78, 5) is 11.6. The van der Waals surface area contributed by atoms with Gasteiger partial charge in [0.15, 0.2) is 0 Å². The minimum atomic E-state index is -3.82. The summed E-state index contributed by atoms with van der Waals surface area (Å²) in [6, 6.07) is 8.48. The van der Waals surface area contributed by atoms with Gasteiger partial charge in [0.25, 0.3) is 10.0 Å². The van der Waals surface area contributed by atoms with Gasteiger partial charge in [0.1, 0.15) is 5.82 Å². The van der Waals surface area contributed by atoms with Crippen molar-refractivity contribution >= 4 is 27.3 Å². The van der Waals surface area contributed by atoms with Crippen LogP contribution < -0.4 is 10.0 Å². The van der Waals surface area contributed by atoms with Crippen LogP contribution in [0.3, 0.4) is 0 Å². The maximum Gasteiger partial charge on any atom is 0.261 e. The standard InChI is InChI=1S/C16H15FN2O3S/c1-9-7-12(4-5-14(9)17)23(21,22)19-11-3-6-15-13(8-11)10(2)16(20)18-15/h3-8,10,19H,1-2H3,(H,18,20). The summed E-state index contributed by atoms with van der Waals surface area (Å²) in [5, 5.41) is 2.72. The Balaban J connectivity index is 1.92. The van der Waals surface area contributed by atoms with E-state index < -0.39 is 15.8 Å². The van der Waals surface area contributed by atoms with E-state index in [-0.39, 0.29) is 22.3 Å². The highest BCUT2D eigenvalue weighted by molar-refractivity contribution is 7.92. The number of hydrogen-bond acceptors (Lipinski definition) is 3. The predicted octanol–water partition coefficient (Wildman–Crippen LogP) is 2.99. The van der Waals surface area contributed by atoms with E-state index in [0.29, 0.717) is 11.4 Å². The van der Waals surface area contributed by atoms with Crippen LogP contribution in [-0.2, 0) is 14.8 Å². The normalized spacial score (nSPS) is 16.8. The number of halogens is 1. The van der Waals surface area contributed by atoms with Crippen LogP contribution in [0.5, 0.6) is 0 Å². The van der Waals surface area contributed by atoms with Gasteiger partial charge >= 0.3 is 0 Å². The van der Waals surface area contributed by atoms with Gasteiger partial charge in [0.05, 0.1) is 10.8 Å². The Morgan fingerprint density at radius 2 is 1.91 bits per heavy atom. The first-order chi connectivity index (χ1) is 10.8. The van der Waals surface area contributed by atoms with Crippen molar-refractivity contribution in [2.24, 2.45) is 0 Å². The van der Waals surface area contributed by atoms with Crippen LogP contribution >= 0.6 is 0 Å². The number of benzene rings is 2. The van der Waals surface area contributed by atoms with Crippen molar-refractivity contribution in [1.29, 1.82) is 0 Å². The van der Waals surface area contributed by atoms with Gasteiger partial charge in [-0.05, 0) is 61.4 Å². The Bertz CT molecular complexity index is 910. The molecule has 0 fully saturated rings. The Morgan fingerprint density at radius 3 is 2.61 bits per heavy atom. The molecule has 2 N–H and O–H groups in total. The molecule has 0 saturated carbocycles. The van der Waals surface area contributed by atoms with E-state index in [1.54, 1.807) is 25.1 Å².